The highest BCUT2D eigenvalue weighted by Gasteiger charge is 2.11. The highest BCUT2D eigenvalue weighted by Crippen LogP contribution is 2.22. The zero-order chi connectivity index (χ0) is 15.4. The van der Waals surface area contributed by atoms with Gasteiger partial charge in [-0.05, 0) is 35.9 Å². The molecule has 0 spiro atoms. The number of furan rings is 2. The first kappa shape index (κ1) is 13.8. The second-order valence-corrected chi connectivity index (χ2v) is 4.42. The molecule has 1 N–H and O–H groups in total. The summed E-state index contributed by atoms with van der Waals surface area (Å²) in [6.45, 7) is 0. The molecule has 0 bridgehead atoms. The Kier molecular flexibility index (Phi) is 3.82. The summed E-state index contributed by atoms with van der Waals surface area (Å²) in [4.78, 5) is 11.9. The minimum atomic E-state index is -0.490. The maximum Gasteiger partial charge on any atom is 0.307 e. The first-order chi connectivity index (χ1) is 10.7. The molecule has 110 valence electrons. The number of benzene rings is 1. The molecule has 6 heteroatoms. The average Bonchev–Trinajstić information content (AvgIpc) is 3.19. The summed E-state index contributed by atoms with van der Waals surface area (Å²) in [6.07, 6.45) is 4.31. The number of amides is 1. The fraction of sp³-hybridized carbons (Fsp3) is 0. The van der Waals surface area contributed by atoms with Gasteiger partial charge in [0.1, 0.15) is 11.6 Å². The van der Waals surface area contributed by atoms with Crippen LogP contribution in [0.25, 0.3) is 11.1 Å². The Morgan fingerprint density at radius 2 is 1.95 bits per heavy atom. The number of hydrogen-bond acceptors (Lipinski definition) is 4. The number of nitrogens with one attached hydrogen (secondary N) is 1. The van der Waals surface area contributed by atoms with E-state index in [9.17, 15) is 9.18 Å². The highest BCUT2D eigenvalue weighted by molar-refractivity contribution is 5.93. The van der Waals surface area contributed by atoms with E-state index < -0.39 is 5.91 Å². The van der Waals surface area contributed by atoms with Crippen molar-refractivity contribution in [2.45, 2.75) is 0 Å². The van der Waals surface area contributed by atoms with E-state index in [1.165, 1.54) is 30.9 Å². The fourth-order valence-corrected chi connectivity index (χ4v) is 1.82. The van der Waals surface area contributed by atoms with Gasteiger partial charge in [0.25, 0.3) is 0 Å². The molecule has 22 heavy (non-hydrogen) atoms. The first-order valence-corrected chi connectivity index (χ1v) is 6.44. The van der Waals surface area contributed by atoms with Gasteiger partial charge in [-0.2, -0.15) is 5.10 Å². The van der Waals surface area contributed by atoms with Gasteiger partial charge >= 0.3 is 5.91 Å². The van der Waals surface area contributed by atoms with Crippen molar-refractivity contribution in [1.82, 2.24) is 5.43 Å². The number of halogens is 1. The topological polar surface area (TPSA) is 67.7 Å². The molecule has 0 saturated carbocycles. The number of hydrogen-bond donors (Lipinski definition) is 1. The predicted octanol–water partition coefficient (Wildman–Crippen LogP) is 3.44. The van der Waals surface area contributed by atoms with Gasteiger partial charge < -0.3 is 8.83 Å². The number of carbonyl (C=O) groups excluding carboxylic acids is 1. The molecule has 3 rings (SSSR count). The van der Waals surface area contributed by atoms with E-state index in [1.807, 2.05) is 0 Å². The molecule has 0 fully saturated rings. The summed E-state index contributed by atoms with van der Waals surface area (Å²) in [5.41, 5.74) is 3.76. The molecule has 0 atom stereocenters. The van der Waals surface area contributed by atoms with Gasteiger partial charge in [-0.1, -0.05) is 12.1 Å². The standard InChI is InChI=1S/C16H11FN2O3/c17-13-5-3-11(4-6-13)12-8-15(22-10-12)16(20)19-18-9-14-2-1-7-21-14/h1-10H,(H,19,20)/b18-9+. The van der Waals surface area contributed by atoms with E-state index >= 15 is 0 Å². The Bertz CT molecular complexity index is 789. The zero-order valence-electron chi connectivity index (χ0n) is 11.3. The third kappa shape index (κ3) is 3.12. The zero-order valence-corrected chi connectivity index (χ0v) is 11.3. The fourth-order valence-electron chi connectivity index (χ4n) is 1.82. The Morgan fingerprint density at radius 1 is 1.14 bits per heavy atom. The molecule has 0 radical (unpaired) electrons. The van der Waals surface area contributed by atoms with Gasteiger partial charge in [-0.15, -0.1) is 0 Å². The molecule has 2 aromatic heterocycles. The minimum Gasteiger partial charge on any atom is -0.463 e. The van der Waals surface area contributed by atoms with Gasteiger partial charge in [0.05, 0.1) is 18.7 Å². The number of hydrazone groups is 1. The van der Waals surface area contributed by atoms with Gasteiger partial charge in [0, 0.05) is 5.56 Å². The normalized spacial score (nSPS) is 11.0. The van der Waals surface area contributed by atoms with Crippen molar-refractivity contribution >= 4 is 12.1 Å². The Hall–Kier alpha value is -3.15. The molecule has 5 nitrogen and oxygen atoms in total. The molecule has 0 aliphatic rings. The lowest BCUT2D eigenvalue weighted by Gasteiger charge is -1.95. The summed E-state index contributed by atoms with van der Waals surface area (Å²) in [5.74, 6) is -0.184. The summed E-state index contributed by atoms with van der Waals surface area (Å²) in [5, 5.41) is 3.76. The second-order valence-electron chi connectivity index (χ2n) is 4.42. The van der Waals surface area contributed by atoms with Crippen LogP contribution in [-0.4, -0.2) is 12.1 Å². The van der Waals surface area contributed by atoms with Crippen molar-refractivity contribution in [2.75, 3.05) is 0 Å². The Morgan fingerprint density at radius 3 is 2.68 bits per heavy atom. The van der Waals surface area contributed by atoms with E-state index in [4.69, 9.17) is 8.83 Å². The lowest BCUT2D eigenvalue weighted by atomic mass is 10.1. The van der Waals surface area contributed by atoms with Crippen LogP contribution in [0.5, 0.6) is 0 Å². The van der Waals surface area contributed by atoms with Crippen molar-refractivity contribution in [3.63, 3.8) is 0 Å². The third-order valence-electron chi connectivity index (χ3n) is 2.90. The van der Waals surface area contributed by atoms with Crippen LogP contribution in [0, 0.1) is 5.82 Å². The van der Waals surface area contributed by atoms with Crippen LogP contribution in [0.2, 0.25) is 0 Å². The maximum absolute atomic E-state index is 12.9. The van der Waals surface area contributed by atoms with Crippen LogP contribution in [-0.2, 0) is 0 Å². The maximum atomic E-state index is 12.9. The van der Waals surface area contributed by atoms with Gasteiger partial charge in [0.2, 0.25) is 0 Å². The molecular weight excluding hydrogens is 287 g/mol. The van der Waals surface area contributed by atoms with Crippen LogP contribution in [0.15, 0.2) is 68.9 Å². The van der Waals surface area contributed by atoms with Crippen LogP contribution >= 0.6 is 0 Å². The lowest BCUT2D eigenvalue weighted by molar-refractivity contribution is 0.0927. The molecule has 3 aromatic rings. The highest BCUT2D eigenvalue weighted by atomic mass is 19.1. The van der Waals surface area contributed by atoms with Crippen LogP contribution in [0.1, 0.15) is 16.3 Å². The molecular formula is C16H11FN2O3. The molecule has 0 aliphatic heterocycles. The molecule has 1 amide bonds. The smallest absolute Gasteiger partial charge is 0.307 e. The van der Waals surface area contributed by atoms with E-state index in [0.717, 1.165) is 5.56 Å². The van der Waals surface area contributed by atoms with Crippen LogP contribution < -0.4 is 5.43 Å². The summed E-state index contributed by atoms with van der Waals surface area (Å²) in [6, 6.07) is 10.9. The van der Waals surface area contributed by atoms with Crippen LogP contribution in [0.4, 0.5) is 4.39 Å². The Labute approximate surface area is 125 Å². The van der Waals surface area contributed by atoms with Gasteiger partial charge in [0.15, 0.2) is 5.76 Å². The van der Waals surface area contributed by atoms with E-state index in [-0.39, 0.29) is 11.6 Å². The minimum absolute atomic E-state index is 0.107. The van der Waals surface area contributed by atoms with Crippen molar-refractivity contribution in [2.24, 2.45) is 5.10 Å². The SMILES string of the molecule is O=C(N/N=C/c1ccco1)c1cc(-c2ccc(F)cc2)co1. The van der Waals surface area contributed by atoms with Crippen molar-refractivity contribution < 1.29 is 18.0 Å². The summed E-state index contributed by atoms with van der Waals surface area (Å²) >= 11 is 0. The molecule has 0 unspecified atom stereocenters. The number of nitrogens with zero attached hydrogens (tertiary/aromatic N) is 1. The second kappa shape index (κ2) is 6.09. The van der Waals surface area contributed by atoms with Crippen molar-refractivity contribution in [3.05, 3.63) is 72.3 Å². The quantitative estimate of drug-likeness (QED) is 0.592. The third-order valence-corrected chi connectivity index (χ3v) is 2.90. The van der Waals surface area contributed by atoms with Gasteiger partial charge in [-0.3, -0.25) is 4.79 Å². The van der Waals surface area contributed by atoms with E-state index in [1.54, 1.807) is 30.3 Å². The largest absolute Gasteiger partial charge is 0.463 e. The average molecular weight is 298 g/mol. The Balaban J connectivity index is 1.68. The summed E-state index contributed by atoms with van der Waals surface area (Å²) in [7, 11) is 0. The monoisotopic (exact) mass is 298 g/mol. The number of rotatable bonds is 4. The molecule has 0 aliphatic carbocycles. The lowest BCUT2D eigenvalue weighted by Crippen LogP contribution is -2.16. The van der Waals surface area contributed by atoms with Crippen molar-refractivity contribution in [3.8, 4) is 11.1 Å². The van der Waals surface area contributed by atoms with Gasteiger partial charge in [-0.25, -0.2) is 9.82 Å². The molecule has 1 aromatic carbocycles. The van der Waals surface area contributed by atoms with E-state index in [0.29, 0.717) is 11.3 Å². The van der Waals surface area contributed by atoms with Crippen molar-refractivity contribution in [1.29, 1.82) is 0 Å². The molecule has 0 saturated heterocycles. The predicted molar refractivity (Wildman–Crippen MR) is 77.9 cm³/mol. The number of carbonyl (C=O) groups is 1. The first-order valence-electron chi connectivity index (χ1n) is 6.44. The van der Waals surface area contributed by atoms with E-state index in [2.05, 4.69) is 10.5 Å². The summed E-state index contributed by atoms with van der Waals surface area (Å²) < 4.78 is 23.1. The van der Waals surface area contributed by atoms with Crippen LogP contribution in [0.3, 0.4) is 0 Å². The molecule has 2 heterocycles.